The smallest absolute Gasteiger partial charge is 0.306 e. The zero-order valence-corrected chi connectivity index (χ0v) is 21.7. The zero-order valence-electron chi connectivity index (χ0n) is 21.7. The molecule has 0 aliphatic carbocycles. The summed E-state index contributed by atoms with van der Waals surface area (Å²) >= 11 is 0. The van der Waals surface area contributed by atoms with E-state index in [1.54, 1.807) is 20.8 Å². The van der Waals surface area contributed by atoms with Gasteiger partial charge >= 0.3 is 5.97 Å². The number of hydrogen-bond acceptors (Lipinski definition) is 4. The summed E-state index contributed by atoms with van der Waals surface area (Å²) in [6, 6.07) is 0. The van der Waals surface area contributed by atoms with E-state index in [-0.39, 0.29) is 29.8 Å². The minimum absolute atomic E-state index is 0.0842. The van der Waals surface area contributed by atoms with Gasteiger partial charge in [-0.3, -0.25) is 14.9 Å². The van der Waals surface area contributed by atoms with Crippen molar-refractivity contribution in [1.29, 1.82) is 0 Å². The average molecular weight is 472 g/mol. The van der Waals surface area contributed by atoms with Crippen molar-refractivity contribution in [2.75, 3.05) is 6.54 Å². The number of carbonyl (C=O) groups excluding carboxylic acids is 1. The minimum Gasteiger partial charge on any atom is -0.460 e. The molecule has 0 radical (unpaired) electrons. The fourth-order valence-electron chi connectivity index (χ4n) is 3.06. The lowest BCUT2D eigenvalue weighted by Crippen LogP contribution is -2.27. The second kappa shape index (κ2) is 20.9. The predicted octanol–water partition coefficient (Wildman–Crippen LogP) is 8.09. The number of ether oxygens (including phenoxy) is 1. The van der Waals surface area contributed by atoms with Crippen LogP contribution in [0.5, 0.6) is 0 Å². The number of rotatable bonds is 18. The summed E-state index contributed by atoms with van der Waals surface area (Å²) in [7, 11) is 0. The van der Waals surface area contributed by atoms with E-state index in [0.29, 0.717) is 12.8 Å². The first-order valence-electron chi connectivity index (χ1n) is 12.5. The van der Waals surface area contributed by atoms with E-state index in [1.165, 1.54) is 0 Å². The van der Waals surface area contributed by atoms with Crippen LogP contribution in [0.1, 0.15) is 85.5 Å². The highest BCUT2D eigenvalue weighted by molar-refractivity contribution is 5.70. The van der Waals surface area contributed by atoms with E-state index in [9.17, 15) is 14.9 Å². The van der Waals surface area contributed by atoms with Gasteiger partial charge in [0.1, 0.15) is 5.60 Å². The SMILES string of the molecule is CC/C=C\C/C=C\C/C=C\C/C=C\C/C=C\C/C=C\CCC(CC(=O)OC(C)(C)C)C[N+](=O)[O-]. The van der Waals surface area contributed by atoms with E-state index in [1.807, 2.05) is 6.08 Å². The van der Waals surface area contributed by atoms with Gasteiger partial charge < -0.3 is 4.74 Å². The Morgan fingerprint density at radius 2 is 1.21 bits per heavy atom. The first kappa shape index (κ1) is 31.3. The van der Waals surface area contributed by atoms with Crippen molar-refractivity contribution in [2.24, 2.45) is 5.92 Å². The fourth-order valence-corrected chi connectivity index (χ4v) is 3.06. The van der Waals surface area contributed by atoms with Gasteiger partial charge in [-0.1, -0.05) is 79.8 Å². The lowest BCUT2D eigenvalue weighted by atomic mass is 9.99. The highest BCUT2D eigenvalue weighted by Crippen LogP contribution is 2.16. The molecule has 0 saturated carbocycles. The lowest BCUT2D eigenvalue weighted by Gasteiger charge is -2.21. The lowest BCUT2D eigenvalue weighted by molar-refractivity contribution is -0.488. The van der Waals surface area contributed by atoms with Gasteiger partial charge in [0, 0.05) is 10.8 Å². The van der Waals surface area contributed by atoms with Crippen LogP contribution in [0, 0.1) is 16.0 Å². The number of allylic oxidation sites excluding steroid dienone is 12. The Hall–Kier alpha value is -2.69. The summed E-state index contributed by atoms with van der Waals surface area (Å²) in [6.45, 7) is 7.32. The molecule has 0 spiro atoms. The van der Waals surface area contributed by atoms with E-state index < -0.39 is 5.60 Å². The molecular weight excluding hydrogens is 426 g/mol. The maximum Gasteiger partial charge on any atom is 0.306 e. The molecule has 0 bridgehead atoms. The molecule has 0 heterocycles. The number of esters is 1. The Kier molecular flexibility index (Phi) is 19.2. The first-order valence-corrected chi connectivity index (χ1v) is 12.5. The number of nitrogens with zero attached hydrogens (tertiary/aromatic N) is 1. The van der Waals surface area contributed by atoms with E-state index in [2.05, 4.69) is 73.8 Å². The predicted molar refractivity (Wildman–Crippen MR) is 143 cm³/mol. The molecule has 0 aromatic rings. The van der Waals surface area contributed by atoms with Gasteiger partial charge in [0.05, 0.1) is 6.42 Å². The normalized spacial score (nSPS) is 14.0. The minimum atomic E-state index is -0.572. The van der Waals surface area contributed by atoms with Crippen molar-refractivity contribution in [3.8, 4) is 0 Å². The first-order chi connectivity index (χ1) is 16.2. The third-order valence-electron chi connectivity index (χ3n) is 4.62. The van der Waals surface area contributed by atoms with Gasteiger partial charge in [-0.05, 0) is 72.1 Å². The molecule has 0 amide bonds. The molecule has 34 heavy (non-hydrogen) atoms. The van der Waals surface area contributed by atoms with Gasteiger partial charge in [-0.25, -0.2) is 0 Å². The molecule has 190 valence electrons. The van der Waals surface area contributed by atoms with Gasteiger partial charge in [-0.15, -0.1) is 0 Å². The molecule has 0 fully saturated rings. The summed E-state index contributed by atoms with van der Waals surface area (Å²) < 4.78 is 5.29. The summed E-state index contributed by atoms with van der Waals surface area (Å²) in [4.78, 5) is 22.5. The molecule has 0 aliphatic heterocycles. The molecule has 0 rings (SSSR count). The second-order valence-corrected chi connectivity index (χ2v) is 9.16. The molecule has 0 aromatic heterocycles. The molecule has 0 aromatic carbocycles. The third kappa shape index (κ3) is 24.0. The Balaban J connectivity index is 3.99. The monoisotopic (exact) mass is 471 g/mol. The van der Waals surface area contributed by atoms with E-state index >= 15 is 0 Å². The van der Waals surface area contributed by atoms with Crippen LogP contribution in [0.3, 0.4) is 0 Å². The Morgan fingerprint density at radius 1 is 0.794 bits per heavy atom. The van der Waals surface area contributed by atoms with Crippen LogP contribution in [-0.2, 0) is 9.53 Å². The van der Waals surface area contributed by atoms with Crippen molar-refractivity contribution < 1.29 is 14.5 Å². The van der Waals surface area contributed by atoms with Crippen LogP contribution >= 0.6 is 0 Å². The summed E-state index contributed by atoms with van der Waals surface area (Å²) in [5.74, 6) is -0.676. The summed E-state index contributed by atoms with van der Waals surface area (Å²) in [6.07, 6.45) is 33.0. The quantitative estimate of drug-likeness (QED) is 0.0876. The van der Waals surface area contributed by atoms with E-state index in [0.717, 1.165) is 38.5 Å². The van der Waals surface area contributed by atoms with Crippen LogP contribution in [0.4, 0.5) is 0 Å². The van der Waals surface area contributed by atoms with Crippen LogP contribution in [-0.4, -0.2) is 23.0 Å². The van der Waals surface area contributed by atoms with Crippen molar-refractivity contribution in [3.63, 3.8) is 0 Å². The molecule has 0 N–H and O–H groups in total. The summed E-state index contributed by atoms with van der Waals surface area (Å²) in [5.41, 5.74) is -0.572. The third-order valence-corrected chi connectivity index (χ3v) is 4.62. The zero-order chi connectivity index (χ0) is 25.5. The van der Waals surface area contributed by atoms with Gasteiger partial charge in [0.2, 0.25) is 6.54 Å². The van der Waals surface area contributed by atoms with E-state index in [4.69, 9.17) is 4.74 Å². The maximum atomic E-state index is 12.0. The molecular formula is C29H45NO4. The number of nitro groups is 1. The Bertz CT molecular complexity index is 721. The number of hydrogen-bond donors (Lipinski definition) is 0. The topological polar surface area (TPSA) is 69.4 Å². The molecule has 1 unspecified atom stereocenters. The average Bonchev–Trinajstić information content (AvgIpc) is 2.73. The van der Waals surface area contributed by atoms with Crippen molar-refractivity contribution in [2.45, 2.75) is 91.1 Å². The standard InChI is InChI=1S/C29H45NO4/c1-5-6-7-8-9-10-11-12-13-14-15-16-17-18-19-20-21-22-23-24-27(26-30(32)33)25-28(31)34-29(2,3)4/h6-7,9-10,12-13,15-16,18-19,21-22,27H,5,8,11,14,17,20,23-26H2,1-4H3/b7-6-,10-9-,13-12-,16-15-,19-18-,22-21-. The Labute approximate surface area is 207 Å². The van der Waals surface area contributed by atoms with Gasteiger partial charge in [-0.2, -0.15) is 0 Å². The van der Waals surface area contributed by atoms with Crippen molar-refractivity contribution in [1.82, 2.24) is 0 Å². The maximum absolute atomic E-state index is 12.0. The van der Waals surface area contributed by atoms with Crippen molar-refractivity contribution in [3.05, 3.63) is 83.0 Å². The molecule has 0 saturated heterocycles. The second-order valence-electron chi connectivity index (χ2n) is 9.16. The fraction of sp³-hybridized carbons (Fsp3) is 0.552. The molecule has 5 nitrogen and oxygen atoms in total. The Morgan fingerprint density at radius 3 is 1.59 bits per heavy atom. The molecule has 1 atom stereocenters. The van der Waals surface area contributed by atoms with Gasteiger partial charge in [0.25, 0.3) is 0 Å². The highest BCUT2D eigenvalue weighted by Gasteiger charge is 2.23. The summed E-state index contributed by atoms with van der Waals surface area (Å²) in [5, 5.41) is 10.9. The largest absolute Gasteiger partial charge is 0.460 e. The van der Waals surface area contributed by atoms with Crippen LogP contribution in [0.2, 0.25) is 0 Å². The van der Waals surface area contributed by atoms with Gasteiger partial charge in [0.15, 0.2) is 0 Å². The van der Waals surface area contributed by atoms with Crippen molar-refractivity contribution >= 4 is 5.97 Å². The molecule has 5 heteroatoms. The van der Waals surface area contributed by atoms with Crippen LogP contribution < -0.4 is 0 Å². The number of carbonyl (C=O) groups is 1. The van der Waals surface area contributed by atoms with Crippen LogP contribution in [0.15, 0.2) is 72.9 Å². The highest BCUT2D eigenvalue weighted by atomic mass is 16.6. The molecule has 0 aliphatic rings. The van der Waals surface area contributed by atoms with Crippen LogP contribution in [0.25, 0.3) is 0 Å².